The van der Waals surface area contributed by atoms with Gasteiger partial charge in [0, 0.05) is 11.6 Å². The molecule has 12 heavy (non-hydrogen) atoms. The van der Waals surface area contributed by atoms with Crippen LogP contribution in [0.3, 0.4) is 0 Å². The van der Waals surface area contributed by atoms with E-state index in [2.05, 4.69) is 17.1 Å². The molecule has 1 aromatic carbocycles. The van der Waals surface area contributed by atoms with E-state index in [-0.39, 0.29) is 0 Å². The number of halogens is 1. The summed E-state index contributed by atoms with van der Waals surface area (Å²) in [6.07, 6.45) is 1.64. The van der Waals surface area contributed by atoms with E-state index in [1.54, 1.807) is 18.3 Å². The van der Waals surface area contributed by atoms with Gasteiger partial charge in [-0.2, -0.15) is 5.26 Å². The molecule has 0 atom stereocenters. The molecule has 1 N–H and O–H groups in total. The van der Waals surface area contributed by atoms with Crippen molar-refractivity contribution in [3.63, 3.8) is 0 Å². The van der Waals surface area contributed by atoms with Crippen molar-refractivity contribution in [1.29, 1.82) is 5.26 Å². The zero-order valence-electron chi connectivity index (χ0n) is 6.06. The molecule has 0 fully saturated rings. The van der Waals surface area contributed by atoms with Gasteiger partial charge in [-0.05, 0) is 18.2 Å². The summed E-state index contributed by atoms with van der Waals surface area (Å²) in [5.41, 5.74) is 1.40. The Hall–Kier alpha value is -1.46. The SMILES string of the molecule is N#Cc1c[nH]c2c(Cl)c[c]cc12. The van der Waals surface area contributed by atoms with Crippen molar-refractivity contribution in [2.45, 2.75) is 0 Å². The van der Waals surface area contributed by atoms with Gasteiger partial charge in [0.1, 0.15) is 6.07 Å². The predicted molar refractivity (Wildman–Crippen MR) is 46.9 cm³/mol. The van der Waals surface area contributed by atoms with Crippen LogP contribution in [0.2, 0.25) is 5.02 Å². The molecule has 1 aromatic heterocycles. The molecular weight excluding hydrogens is 172 g/mol. The Morgan fingerprint density at radius 1 is 1.50 bits per heavy atom. The highest BCUT2D eigenvalue weighted by atomic mass is 35.5. The van der Waals surface area contributed by atoms with E-state index in [1.807, 2.05) is 0 Å². The van der Waals surface area contributed by atoms with Crippen LogP contribution in [0.5, 0.6) is 0 Å². The molecule has 0 aliphatic rings. The summed E-state index contributed by atoms with van der Waals surface area (Å²) in [6, 6.07) is 8.34. The van der Waals surface area contributed by atoms with E-state index in [9.17, 15) is 0 Å². The van der Waals surface area contributed by atoms with Crippen LogP contribution in [0, 0.1) is 17.4 Å². The Morgan fingerprint density at radius 3 is 3.08 bits per heavy atom. The minimum absolute atomic E-state index is 0.592. The van der Waals surface area contributed by atoms with Crippen LogP contribution >= 0.6 is 11.6 Å². The molecule has 1 radical (unpaired) electrons. The maximum Gasteiger partial charge on any atom is 0.101 e. The summed E-state index contributed by atoms with van der Waals surface area (Å²) in [5.74, 6) is 0. The van der Waals surface area contributed by atoms with E-state index in [4.69, 9.17) is 16.9 Å². The number of nitrogens with zero attached hydrogens (tertiary/aromatic N) is 1. The van der Waals surface area contributed by atoms with Gasteiger partial charge >= 0.3 is 0 Å². The number of hydrogen-bond donors (Lipinski definition) is 1. The third-order valence-electron chi connectivity index (χ3n) is 1.72. The lowest BCUT2D eigenvalue weighted by molar-refractivity contribution is 1.45. The molecule has 0 aliphatic heterocycles. The number of nitriles is 1. The van der Waals surface area contributed by atoms with Crippen molar-refractivity contribution in [3.8, 4) is 6.07 Å². The molecule has 0 saturated heterocycles. The van der Waals surface area contributed by atoms with Crippen molar-refractivity contribution < 1.29 is 0 Å². The van der Waals surface area contributed by atoms with Gasteiger partial charge in [0.2, 0.25) is 0 Å². The normalized spacial score (nSPS) is 10.0. The number of rotatable bonds is 0. The summed E-state index contributed by atoms with van der Waals surface area (Å²) < 4.78 is 0. The number of fused-ring (bicyclic) bond motifs is 1. The van der Waals surface area contributed by atoms with Crippen LogP contribution in [-0.4, -0.2) is 4.98 Å². The Labute approximate surface area is 74.4 Å². The van der Waals surface area contributed by atoms with Gasteiger partial charge in [0.15, 0.2) is 0 Å². The maximum absolute atomic E-state index is 8.69. The van der Waals surface area contributed by atoms with Gasteiger partial charge in [0.05, 0.1) is 16.1 Å². The van der Waals surface area contributed by atoms with Gasteiger partial charge in [0.25, 0.3) is 0 Å². The molecule has 2 aromatic rings. The number of aromatic amines is 1. The van der Waals surface area contributed by atoms with Gasteiger partial charge < -0.3 is 4.98 Å². The van der Waals surface area contributed by atoms with E-state index < -0.39 is 0 Å². The largest absolute Gasteiger partial charge is 0.359 e. The first-order valence-corrected chi connectivity index (χ1v) is 3.77. The second kappa shape index (κ2) is 2.54. The van der Waals surface area contributed by atoms with Crippen LogP contribution < -0.4 is 0 Å². The van der Waals surface area contributed by atoms with E-state index in [0.717, 1.165) is 10.9 Å². The van der Waals surface area contributed by atoms with Gasteiger partial charge in [-0.25, -0.2) is 0 Å². The number of hydrogen-bond acceptors (Lipinski definition) is 1. The van der Waals surface area contributed by atoms with Crippen molar-refractivity contribution in [2.24, 2.45) is 0 Å². The molecule has 0 bridgehead atoms. The first kappa shape index (κ1) is 7.20. The van der Waals surface area contributed by atoms with Crippen LogP contribution in [0.25, 0.3) is 10.9 Å². The van der Waals surface area contributed by atoms with Crippen LogP contribution in [0.4, 0.5) is 0 Å². The second-order valence-corrected chi connectivity index (χ2v) is 2.81. The summed E-state index contributed by atoms with van der Waals surface area (Å²) in [7, 11) is 0. The Bertz CT molecular complexity index is 465. The Morgan fingerprint density at radius 2 is 2.33 bits per heavy atom. The summed E-state index contributed by atoms with van der Waals surface area (Å²) in [4.78, 5) is 2.93. The first-order valence-electron chi connectivity index (χ1n) is 3.39. The number of aromatic nitrogens is 1. The van der Waals surface area contributed by atoms with Crippen molar-refractivity contribution >= 4 is 22.5 Å². The highest BCUT2D eigenvalue weighted by molar-refractivity contribution is 6.35. The molecule has 1 heterocycles. The zero-order chi connectivity index (χ0) is 8.55. The average Bonchev–Trinajstić information content (AvgIpc) is 2.49. The zero-order valence-corrected chi connectivity index (χ0v) is 6.81. The third-order valence-corrected chi connectivity index (χ3v) is 2.02. The molecule has 3 heteroatoms. The van der Waals surface area contributed by atoms with E-state index in [1.165, 1.54) is 0 Å². The average molecular weight is 176 g/mol. The minimum atomic E-state index is 0.592. The molecule has 0 aliphatic carbocycles. The lowest BCUT2D eigenvalue weighted by atomic mass is 10.2. The summed E-state index contributed by atoms with van der Waals surface area (Å²) in [6.45, 7) is 0. The van der Waals surface area contributed by atoms with Crippen LogP contribution in [0.1, 0.15) is 5.56 Å². The Balaban J connectivity index is 2.91. The fourth-order valence-electron chi connectivity index (χ4n) is 1.14. The highest BCUT2D eigenvalue weighted by Crippen LogP contribution is 2.23. The minimum Gasteiger partial charge on any atom is -0.359 e. The molecule has 2 rings (SSSR count). The predicted octanol–water partition coefficient (Wildman–Crippen LogP) is 2.49. The van der Waals surface area contributed by atoms with Crippen LogP contribution in [-0.2, 0) is 0 Å². The lowest BCUT2D eigenvalue weighted by Crippen LogP contribution is -1.70. The Kier molecular flexibility index (Phi) is 1.53. The fourth-order valence-corrected chi connectivity index (χ4v) is 1.36. The molecule has 57 valence electrons. The number of nitrogens with one attached hydrogen (secondary N) is 1. The van der Waals surface area contributed by atoms with E-state index in [0.29, 0.717) is 10.6 Å². The molecule has 0 spiro atoms. The molecule has 0 saturated carbocycles. The van der Waals surface area contributed by atoms with Crippen molar-refractivity contribution in [2.75, 3.05) is 0 Å². The van der Waals surface area contributed by atoms with E-state index >= 15 is 0 Å². The first-order chi connectivity index (χ1) is 5.83. The van der Waals surface area contributed by atoms with Gasteiger partial charge in [-0.3, -0.25) is 0 Å². The lowest BCUT2D eigenvalue weighted by Gasteiger charge is -1.90. The van der Waals surface area contributed by atoms with Gasteiger partial charge in [-0.15, -0.1) is 0 Å². The molecule has 0 unspecified atom stereocenters. The summed E-state index contributed by atoms with van der Waals surface area (Å²) in [5, 5.41) is 10.1. The smallest absolute Gasteiger partial charge is 0.101 e. The fraction of sp³-hybridized carbons (Fsp3) is 0. The third kappa shape index (κ3) is 0.876. The van der Waals surface area contributed by atoms with Gasteiger partial charge in [-0.1, -0.05) is 11.6 Å². The van der Waals surface area contributed by atoms with Crippen molar-refractivity contribution in [1.82, 2.24) is 4.98 Å². The molecule has 0 amide bonds. The van der Waals surface area contributed by atoms with Crippen molar-refractivity contribution in [3.05, 3.63) is 35.0 Å². The number of H-pyrrole nitrogens is 1. The maximum atomic E-state index is 8.69. The monoisotopic (exact) mass is 175 g/mol. The standard InChI is InChI=1S/C9H4ClN2/c10-8-3-1-2-7-6(4-11)5-12-9(7)8/h2-3,5,12H. The van der Waals surface area contributed by atoms with Crippen LogP contribution in [0.15, 0.2) is 18.3 Å². The second-order valence-electron chi connectivity index (χ2n) is 2.41. The molecular formula is C9H4ClN2. The topological polar surface area (TPSA) is 39.6 Å². The quantitative estimate of drug-likeness (QED) is 0.657. The highest BCUT2D eigenvalue weighted by Gasteiger charge is 2.04. The molecule has 2 nitrogen and oxygen atoms in total. The summed E-state index contributed by atoms with van der Waals surface area (Å²) >= 11 is 5.86. The number of benzene rings is 1.